The number of hydrogen-bond donors (Lipinski definition) is 1. The Morgan fingerprint density at radius 3 is 2.58 bits per heavy atom. The maximum Gasteiger partial charge on any atom is 0.138 e. The van der Waals surface area contributed by atoms with E-state index in [-0.39, 0.29) is 5.54 Å². The molecule has 0 bridgehead atoms. The van der Waals surface area contributed by atoms with Crippen molar-refractivity contribution in [1.82, 2.24) is 0 Å². The molecule has 1 fully saturated rings. The van der Waals surface area contributed by atoms with Crippen LogP contribution in [0.1, 0.15) is 29.9 Å². The second-order valence-electron chi connectivity index (χ2n) is 5.94. The van der Waals surface area contributed by atoms with E-state index in [0.717, 1.165) is 52.7 Å². The molecule has 0 spiro atoms. The van der Waals surface area contributed by atoms with E-state index in [0.29, 0.717) is 0 Å². The highest BCUT2D eigenvalue weighted by molar-refractivity contribution is 5.98. The molecule has 0 atom stereocenters. The van der Waals surface area contributed by atoms with Crippen molar-refractivity contribution in [3.05, 3.63) is 35.3 Å². The molecule has 1 aromatic carbocycles. The van der Waals surface area contributed by atoms with Crippen LogP contribution in [0, 0.1) is 13.8 Å². The Kier molecular flexibility index (Phi) is 2.00. The largest absolute Gasteiger partial charge is 0.461 e. The molecule has 1 aliphatic carbocycles. The van der Waals surface area contributed by atoms with Crippen LogP contribution in [-0.2, 0) is 6.42 Å². The number of benzene rings is 1. The molecule has 0 aliphatic heterocycles. The van der Waals surface area contributed by atoms with Crippen LogP contribution in [0.15, 0.2) is 27.0 Å². The maximum absolute atomic E-state index is 6.30. The molecule has 98 valence electrons. The lowest BCUT2D eigenvalue weighted by Gasteiger charge is -2.10. The first-order chi connectivity index (χ1) is 9.04. The fourth-order valence-electron chi connectivity index (χ4n) is 2.88. The Morgan fingerprint density at radius 2 is 1.84 bits per heavy atom. The lowest BCUT2D eigenvalue weighted by molar-refractivity contribution is 0.567. The molecule has 4 rings (SSSR count). The van der Waals surface area contributed by atoms with E-state index in [9.17, 15) is 0 Å². The molecule has 3 nitrogen and oxygen atoms in total. The van der Waals surface area contributed by atoms with E-state index in [2.05, 4.69) is 18.2 Å². The van der Waals surface area contributed by atoms with Gasteiger partial charge in [-0.05, 0) is 51.3 Å². The van der Waals surface area contributed by atoms with Gasteiger partial charge >= 0.3 is 0 Å². The zero-order valence-corrected chi connectivity index (χ0v) is 11.2. The zero-order valence-electron chi connectivity index (χ0n) is 11.2. The van der Waals surface area contributed by atoms with Gasteiger partial charge in [0.1, 0.15) is 22.7 Å². The molecule has 19 heavy (non-hydrogen) atoms. The highest BCUT2D eigenvalue weighted by atomic mass is 16.3. The molecule has 1 aliphatic rings. The van der Waals surface area contributed by atoms with E-state index < -0.39 is 0 Å². The highest BCUT2D eigenvalue weighted by Crippen LogP contribution is 2.41. The van der Waals surface area contributed by atoms with E-state index in [4.69, 9.17) is 14.6 Å². The average Bonchev–Trinajstić information content (AvgIpc) is 2.77. The maximum atomic E-state index is 6.30. The average molecular weight is 255 g/mol. The number of nitrogens with two attached hydrogens (primary N) is 1. The van der Waals surface area contributed by atoms with Gasteiger partial charge in [-0.1, -0.05) is 0 Å². The first-order valence-corrected chi connectivity index (χ1v) is 6.75. The van der Waals surface area contributed by atoms with Crippen molar-refractivity contribution in [1.29, 1.82) is 0 Å². The minimum absolute atomic E-state index is 0.0346. The molecule has 0 unspecified atom stereocenters. The summed E-state index contributed by atoms with van der Waals surface area (Å²) in [5, 5.41) is 2.26. The Balaban J connectivity index is 2.05. The van der Waals surface area contributed by atoms with Gasteiger partial charge in [-0.15, -0.1) is 0 Å². The molecule has 0 amide bonds. The number of fused-ring (bicyclic) bond motifs is 2. The van der Waals surface area contributed by atoms with Gasteiger partial charge in [0, 0.05) is 21.9 Å². The number of hydrogen-bond acceptors (Lipinski definition) is 3. The molecule has 3 heteroatoms. The van der Waals surface area contributed by atoms with Crippen molar-refractivity contribution in [3.63, 3.8) is 0 Å². The van der Waals surface area contributed by atoms with Gasteiger partial charge in [0.05, 0.1) is 0 Å². The molecular weight excluding hydrogens is 238 g/mol. The lowest BCUT2D eigenvalue weighted by atomic mass is 9.99. The van der Waals surface area contributed by atoms with Crippen molar-refractivity contribution in [2.75, 3.05) is 0 Å². The van der Waals surface area contributed by atoms with Crippen LogP contribution < -0.4 is 5.73 Å². The quantitative estimate of drug-likeness (QED) is 0.757. The normalized spacial score (nSPS) is 17.4. The standard InChI is InChI=1S/C16H17NO2/c1-9-5-11-7-14-12(6-10(2)18-14)13(15(11)19-9)8-16(17)3-4-16/h5-7H,3-4,8,17H2,1-2H3. The molecule has 0 saturated heterocycles. The van der Waals surface area contributed by atoms with Gasteiger partial charge in [-0.2, -0.15) is 0 Å². The Bertz CT molecular complexity index is 735. The van der Waals surface area contributed by atoms with E-state index in [1.165, 1.54) is 5.56 Å². The topological polar surface area (TPSA) is 52.3 Å². The second-order valence-corrected chi connectivity index (χ2v) is 5.94. The van der Waals surface area contributed by atoms with Crippen LogP contribution in [-0.4, -0.2) is 5.54 Å². The number of rotatable bonds is 2. The summed E-state index contributed by atoms with van der Waals surface area (Å²) >= 11 is 0. The molecule has 1 saturated carbocycles. The minimum Gasteiger partial charge on any atom is -0.461 e. The van der Waals surface area contributed by atoms with Crippen LogP contribution >= 0.6 is 0 Å². The Labute approximate surface area is 111 Å². The van der Waals surface area contributed by atoms with E-state index in [1.54, 1.807) is 0 Å². The van der Waals surface area contributed by atoms with E-state index >= 15 is 0 Å². The summed E-state index contributed by atoms with van der Waals surface area (Å²) in [6.45, 7) is 3.96. The van der Waals surface area contributed by atoms with Gasteiger partial charge in [-0.25, -0.2) is 0 Å². The Morgan fingerprint density at radius 1 is 1.11 bits per heavy atom. The van der Waals surface area contributed by atoms with Gasteiger partial charge < -0.3 is 14.6 Å². The van der Waals surface area contributed by atoms with Crippen molar-refractivity contribution in [3.8, 4) is 0 Å². The summed E-state index contributed by atoms with van der Waals surface area (Å²) < 4.78 is 11.7. The predicted molar refractivity (Wildman–Crippen MR) is 75.3 cm³/mol. The zero-order chi connectivity index (χ0) is 13.2. The molecular formula is C16H17NO2. The molecule has 2 N–H and O–H groups in total. The fourth-order valence-corrected chi connectivity index (χ4v) is 2.88. The van der Waals surface area contributed by atoms with Crippen molar-refractivity contribution < 1.29 is 8.83 Å². The molecule has 2 heterocycles. The molecule has 2 aromatic heterocycles. The van der Waals surface area contributed by atoms with Gasteiger partial charge in [0.2, 0.25) is 0 Å². The SMILES string of the molecule is Cc1cc2c(CC3(N)CC3)c3oc(C)cc3cc2o1. The third-order valence-corrected chi connectivity index (χ3v) is 4.07. The van der Waals surface area contributed by atoms with Crippen LogP contribution in [0.25, 0.3) is 21.9 Å². The number of aryl methyl sites for hydroxylation is 2. The Hall–Kier alpha value is -1.74. The van der Waals surface area contributed by atoms with Crippen molar-refractivity contribution in [2.45, 2.75) is 38.6 Å². The third-order valence-electron chi connectivity index (χ3n) is 4.07. The van der Waals surface area contributed by atoms with Crippen LogP contribution in [0.3, 0.4) is 0 Å². The molecule has 3 aromatic rings. The van der Waals surface area contributed by atoms with Gasteiger partial charge in [-0.3, -0.25) is 0 Å². The lowest BCUT2D eigenvalue weighted by Crippen LogP contribution is -2.24. The van der Waals surface area contributed by atoms with Crippen molar-refractivity contribution >= 4 is 21.9 Å². The highest BCUT2D eigenvalue weighted by Gasteiger charge is 2.39. The summed E-state index contributed by atoms with van der Waals surface area (Å²) in [6.07, 6.45) is 3.07. The summed E-state index contributed by atoms with van der Waals surface area (Å²) in [5.41, 5.74) is 9.38. The first kappa shape index (κ1) is 11.1. The van der Waals surface area contributed by atoms with Crippen LogP contribution in [0.4, 0.5) is 0 Å². The summed E-state index contributed by atoms with van der Waals surface area (Å²) in [4.78, 5) is 0. The van der Waals surface area contributed by atoms with E-state index in [1.807, 2.05) is 13.8 Å². The van der Waals surface area contributed by atoms with Crippen molar-refractivity contribution in [2.24, 2.45) is 5.73 Å². The smallest absolute Gasteiger partial charge is 0.138 e. The monoisotopic (exact) mass is 255 g/mol. The third kappa shape index (κ3) is 1.69. The van der Waals surface area contributed by atoms with Gasteiger partial charge in [0.15, 0.2) is 0 Å². The van der Waals surface area contributed by atoms with Gasteiger partial charge in [0.25, 0.3) is 0 Å². The summed E-state index contributed by atoms with van der Waals surface area (Å²) in [6, 6.07) is 6.22. The second kappa shape index (κ2) is 3.42. The number of furan rings is 2. The van der Waals surface area contributed by atoms with Crippen LogP contribution in [0.5, 0.6) is 0 Å². The molecule has 0 radical (unpaired) electrons. The predicted octanol–water partition coefficient (Wildman–Crippen LogP) is 3.83. The van der Waals surface area contributed by atoms with Crippen LogP contribution in [0.2, 0.25) is 0 Å². The first-order valence-electron chi connectivity index (χ1n) is 6.75. The summed E-state index contributed by atoms with van der Waals surface area (Å²) in [5.74, 6) is 1.87. The summed E-state index contributed by atoms with van der Waals surface area (Å²) in [7, 11) is 0. The fraction of sp³-hybridized carbons (Fsp3) is 0.375. The minimum atomic E-state index is -0.0346.